The fourth-order valence-corrected chi connectivity index (χ4v) is 10.6. The number of aryl methyl sites for hydroxylation is 1. The molecule has 0 N–H and O–H groups in total. The van der Waals surface area contributed by atoms with Crippen LogP contribution < -0.4 is 9.30 Å². The van der Waals surface area contributed by atoms with E-state index in [1.54, 1.807) is 75.9 Å². The third-order valence-electron chi connectivity index (χ3n) is 14.2. The van der Waals surface area contributed by atoms with Crippen LogP contribution in [0.15, 0.2) is 236 Å². The molecule has 7 heteroatoms. The number of hydrogen-bond acceptors (Lipinski definition) is 2. The first-order valence-corrected chi connectivity index (χ1v) is 25.1. The van der Waals surface area contributed by atoms with Crippen LogP contribution in [0.1, 0.15) is 49.7 Å². The molecule has 14 rings (SSSR count). The third kappa shape index (κ3) is 8.23. The number of nitrogens with zero attached hydrogens (tertiary/aromatic N) is 5. The van der Waals surface area contributed by atoms with Crippen molar-refractivity contribution >= 4 is 54.6 Å². The molecule has 0 aliphatic rings. The first-order valence-electron chi connectivity index (χ1n) is 31.6. The zero-order valence-corrected chi connectivity index (χ0v) is 44.5. The fourth-order valence-electron chi connectivity index (χ4n) is 10.6. The molecule has 0 aliphatic carbocycles. The van der Waals surface area contributed by atoms with Gasteiger partial charge in [-0.25, -0.2) is 4.98 Å². The second-order valence-electron chi connectivity index (χ2n) is 19.8. The molecule has 0 saturated heterocycles. The molecular weight excluding hydrogens is 1130 g/mol. The van der Waals surface area contributed by atoms with E-state index in [0.29, 0.717) is 50.6 Å². The summed E-state index contributed by atoms with van der Waals surface area (Å²) in [6, 6.07) is 54.0. The van der Waals surface area contributed by atoms with Crippen LogP contribution in [-0.4, -0.2) is 18.7 Å². The smallest absolute Gasteiger partial charge is 0.268 e. The van der Waals surface area contributed by atoms with Gasteiger partial charge in [0.2, 0.25) is 0 Å². The van der Waals surface area contributed by atoms with Gasteiger partial charge in [0.1, 0.15) is 5.82 Å². The maximum atomic E-state index is 9.30. The van der Waals surface area contributed by atoms with Gasteiger partial charge in [-0.05, 0) is 110 Å². The number of fused-ring (bicyclic) bond motifs is 7. The van der Waals surface area contributed by atoms with Gasteiger partial charge in [-0.1, -0.05) is 201 Å². The van der Waals surface area contributed by atoms with Crippen LogP contribution in [-0.2, 0) is 26.5 Å². The summed E-state index contributed by atoms with van der Waals surface area (Å²) in [4.78, 5) is 4.95. The second-order valence-corrected chi connectivity index (χ2v) is 19.8. The first kappa shape index (κ1) is 36.0. The van der Waals surface area contributed by atoms with E-state index < -0.39 is 67.3 Å². The molecule has 0 fully saturated rings. The number of pyridine rings is 1. The molecule has 0 radical (unpaired) electrons. The van der Waals surface area contributed by atoms with Gasteiger partial charge in [0.05, 0.1) is 30.4 Å². The van der Waals surface area contributed by atoms with Gasteiger partial charge in [0, 0.05) is 70.2 Å². The molecule has 6 nitrogen and oxygen atoms in total. The summed E-state index contributed by atoms with van der Waals surface area (Å²) < 4.78 is 130. The number of imidazole rings is 1. The molecule has 378 valence electrons. The minimum atomic E-state index is -2.54. The summed E-state index contributed by atoms with van der Waals surface area (Å²) in [7, 11) is 0. The minimum Gasteiger partial charge on any atom is -0.508 e. The Balaban J connectivity index is 0.00000758. The van der Waals surface area contributed by atoms with Gasteiger partial charge in [0.25, 0.3) is 6.33 Å². The van der Waals surface area contributed by atoms with Gasteiger partial charge in [0.15, 0.2) is 0 Å². The van der Waals surface area contributed by atoms with Crippen LogP contribution in [0.3, 0.4) is 0 Å². The van der Waals surface area contributed by atoms with E-state index in [-0.39, 0.29) is 65.7 Å². The Morgan fingerprint density at radius 2 is 1.15 bits per heavy atom. The molecule has 0 aliphatic heterocycles. The van der Waals surface area contributed by atoms with E-state index in [9.17, 15) is 5.48 Å². The largest absolute Gasteiger partial charge is 0.508 e. The quantitative estimate of drug-likeness (QED) is 0.107. The van der Waals surface area contributed by atoms with E-state index in [1.165, 1.54) is 12.1 Å². The van der Waals surface area contributed by atoms with Crippen molar-refractivity contribution in [2.75, 3.05) is 0 Å². The Labute approximate surface area is 486 Å². The number of hydrogen-bond donors (Lipinski definition) is 0. The van der Waals surface area contributed by atoms with E-state index in [2.05, 4.69) is 96.9 Å². The van der Waals surface area contributed by atoms with Crippen LogP contribution in [0, 0.1) is 25.3 Å². The standard InChI is InChI=1S/C71H51N5O.Pt/c1-47-21-11-12-28-54(47)50-37-38-64-66(41-50)74(70-55(48-22-7-5-8-23-48)32-20-33-56(70)49-24-9-6-10-25-49)46-73(64)52-26-19-27-53(43-52)77-68-45-65-60(44-67(68)75-61-34-16-13-29-57(61)58-30-14-17-35-62(58)75)59-31-15-18-36-63(59)76(65)69-42-51(39-40-72-69)71(2,3)4;/h5-42,44H,1-4H3;/q-2;/i1D3,5D,6D,7D,8D,9D,10D,22D,23D,24D,25D;. The van der Waals surface area contributed by atoms with E-state index in [4.69, 9.17) is 22.1 Å². The number of ether oxygens (including phenoxy) is 1. The zero-order valence-electron chi connectivity index (χ0n) is 55.2. The van der Waals surface area contributed by atoms with E-state index >= 15 is 0 Å². The van der Waals surface area contributed by atoms with E-state index in [1.807, 2.05) is 48.7 Å². The molecule has 0 spiro atoms. The summed E-state index contributed by atoms with van der Waals surface area (Å²) in [6.07, 6.45) is 5.30. The predicted octanol–water partition coefficient (Wildman–Crippen LogP) is 17.3. The average molecular weight is 1200 g/mol. The van der Waals surface area contributed by atoms with Crippen molar-refractivity contribution < 1.29 is 48.2 Å². The minimum absolute atomic E-state index is 0. The molecular formula is C71H51N5OPt-2. The topological polar surface area (TPSA) is 40.8 Å². The second kappa shape index (κ2) is 19.5. The molecule has 0 amide bonds. The summed E-state index contributed by atoms with van der Waals surface area (Å²) in [5.74, 6) is 1.30. The van der Waals surface area contributed by atoms with Crippen LogP contribution in [0.4, 0.5) is 0 Å². The Kier molecular flexibility index (Phi) is 9.00. The molecule has 0 saturated carbocycles. The van der Waals surface area contributed by atoms with Gasteiger partial charge in [-0.15, -0.1) is 24.3 Å². The van der Waals surface area contributed by atoms with Gasteiger partial charge < -0.3 is 18.4 Å². The van der Waals surface area contributed by atoms with Gasteiger partial charge in [-0.3, -0.25) is 4.57 Å². The van der Waals surface area contributed by atoms with Crippen molar-refractivity contribution in [1.29, 1.82) is 0 Å². The first-order chi connectivity index (χ1) is 43.1. The van der Waals surface area contributed by atoms with Gasteiger partial charge >= 0.3 is 0 Å². The molecule has 0 bridgehead atoms. The normalized spacial score (nSPS) is 14.3. The van der Waals surface area contributed by atoms with Crippen molar-refractivity contribution in [2.45, 2.75) is 33.0 Å². The van der Waals surface area contributed by atoms with E-state index in [0.717, 1.165) is 43.7 Å². The Bertz CT molecular complexity index is 5160. The molecule has 0 atom stereocenters. The predicted molar refractivity (Wildman–Crippen MR) is 314 cm³/mol. The average Bonchev–Trinajstić information content (AvgIpc) is 1.65. The van der Waals surface area contributed by atoms with Crippen LogP contribution in [0.2, 0.25) is 0 Å². The van der Waals surface area contributed by atoms with Crippen molar-refractivity contribution in [1.82, 2.24) is 18.7 Å². The molecule has 4 heterocycles. The number of aromatic nitrogens is 5. The van der Waals surface area contributed by atoms with Crippen molar-refractivity contribution in [3.63, 3.8) is 0 Å². The molecule has 0 unspecified atom stereocenters. The number of rotatable bonds is 9. The number of benzene rings is 10. The number of para-hydroxylation sites is 4. The van der Waals surface area contributed by atoms with Crippen LogP contribution in [0.25, 0.3) is 111 Å². The van der Waals surface area contributed by atoms with Gasteiger partial charge in [-0.2, -0.15) is 12.1 Å². The molecule has 10 aromatic carbocycles. The molecule has 4 aromatic heterocycles. The fraction of sp³-hybridized carbons (Fsp3) is 0.0704. The third-order valence-corrected chi connectivity index (χ3v) is 14.2. The summed E-state index contributed by atoms with van der Waals surface area (Å²) in [5, 5.41) is 3.95. The molecule has 14 aromatic rings. The Morgan fingerprint density at radius 1 is 0.551 bits per heavy atom. The summed E-state index contributed by atoms with van der Waals surface area (Å²) in [5.41, 5.74) is 6.76. The van der Waals surface area contributed by atoms with Crippen LogP contribution in [0.5, 0.6) is 11.5 Å². The Hall–Kier alpha value is -9.09. The summed E-state index contributed by atoms with van der Waals surface area (Å²) in [6.45, 7) is 3.96. The molecule has 78 heavy (non-hydrogen) atoms. The SMILES string of the molecule is [2H]c1c([2H])c([2H])c(-c2cccc(-c3c([2H])c([2H])c([2H])c([2H])c3[2H])c2-[n+]2[c-]n(-c3[c-]c(Oc4[c-]c5c(cc4-n4c6ccccc6c6ccccc64)c4ccccc4n5-c4cc(C(C)(C)C)ccn4)ccc3)c3ccc(-c4ccccc4C([2H])([2H])[2H])cc32)c([2H])c1[2H].[Pt]. The monoisotopic (exact) mass is 1200 g/mol. The van der Waals surface area contributed by atoms with Crippen LogP contribution >= 0.6 is 0 Å². The van der Waals surface area contributed by atoms with Crippen molar-refractivity contribution in [3.05, 3.63) is 266 Å². The maximum absolute atomic E-state index is 9.30. The maximum Gasteiger partial charge on any atom is 0.268 e. The summed E-state index contributed by atoms with van der Waals surface area (Å²) >= 11 is 0. The van der Waals surface area contributed by atoms with Crippen molar-refractivity contribution in [2.24, 2.45) is 0 Å². The zero-order chi connectivity index (χ0) is 63.0. The Morgan fingerprint density at radius 3 is 1.82 bits per heavy atom. The van der Waals surface area contributed by atoms with Crippen molar-refractivity contribution in [3.8, 4) is 67.8 Å².